The molecule has 2 aliphatic rings. The largest absolute Gasteiger partial charge is 0.0894 e. The molecule has 48 heavy (non-hydrogen) atoms. The summed E-state index contributed by atoms with van der Waals surface area (Å²) in [4.78, 5) is 2.66. The van der Waals surface area contributed by atoms with Gasteiger partial charge in [-0.1, -0.05) is 157 Å². The second-order valence-electron chi connectivity index (χ2n) is 13.2. The summed E-state index contributed by atoms with van der Waals surface area (Å²) in [6.07, 6.45) is 0. The molecule has 0 amide bonds. The lowest BCUT2D eigenvalue weighted by atomic mass is 9.67. The smallest absolute Gasteiger partial charge is 0.0735 e. The number of rotatable bonds is 1. The highest BCUT2D eigenvalue weighted by molar-refractivity contribution is 7.99. The highest BCUT2D eigenvalue weighted by Crippen LogP contribution is 2.63. The molecular formula is C47H28S. The summed E-state index contributed by atoms with van der Waals surface area (Å²) >= 11 is 1.91. The van der Waals surface area contributed by atoms with E-state index in [-0.39, 0.29) is 0 Å². The van der Waals surface area contributed by atoms with Crippen LogP contribution in [0.5, 0.6) is 0 Å². The molecule has 0 fully saturated rings. The van der Waals surface area contributed by atoms with E-state index in [9.17, 15) is 0 Å². The SMILES string of the molecule is c1ccc2c(c1)Sc1ccc(-c3ccc4c5ccccc5c5ccccc5c4c3)cc1C21c2ccccc2-c2c1ccc1ccccc21. The van der Waals surface area contributed by atoms with Crippen molar-refractivity contribution in [3.05, 3.63) is 192 Å². The average molecular weight is 625 g/mol. The molecule has 222 valence electrons. The van der Waals surface area contributed by atoms with Gasteiger partial charge in [0.05, 0.1) is 5.41 Å². The van der Waals surface area contributed by atoms with Crippen molar-refractivity contribution in [2.45, 2.75) is 15.2 Å². The van der Waals surface area contributed by atoms with Gasteiger partial charge < -0.3 is 0 Å². The van der Waals surface area contributed by atoms with Gasteiger partial charge in [-0.25, -0.2) is 0 Å². The molecule has 1 aliphatic heterocycles. The fourth-order valence-corrected chi connectivity index (χ4v) is 10.1. The predicted octanol–water partition coefficient (Wildman–Crippen LogP) is 12.8. The highest BCUT2D eigenvalue weighted by Gasteiger charge is 2.50. The molecule has 0 aromatic heterocycles. The first-order chi connectivity index (χ1) is 23.8. The molecule has 1 heteroatoms. The standard InChI is InChI=1S/C47H28S/c1-2-12-32-29(11-1)22-25-42-46(32)38-17-7-8-18-40(38)47(42)41-19-9-10-20-44(41)48-45-26-23-31(28-43(45)47)30-21-24-37-35-15-4-3-13-33(35)34-14-5-6-16-36(34)39(37)27-30/h1-28H. The van der Waals surface area contributed by atoms with Crippen LogP contribution >= 0.6 is 11.8 Å². The molecule has 0 radical (unpaired) electrons. The molecule has 0 N–H and O–H groups in total. The summed E-state index contributed by atoms with van der Waals surface area (Å²) in [5.74, 6) is 0. The lowest BCUT2D eigenvalue weighted by molar-refractivity contribution is 0.723. The summed E-state index contributed by atoms with van der Waals surface area (Å²) in [7, 11) is 0. The molecule has 0 saturated carbocycles. The maximum atomic E-state index is 2.50. The molecule has 0 nitrogen and oxygen atoms in total. The van der Waals surface area contributed by atoms with Gasteiger partial charge in [0.25, 0.3) is 0 Å². The van der Waals surface area contributed by atoms with Gasteiger partial charge in [-0.05, 0) is 112 Å². The van der Waals surface area contributed by atoms with E-state index in [0.29, 0.717) is 0 Å². The Labute approximate surface area is 283 Å². The molecule has 9 aromatic carbocycles. The van der Waals surface area contributed by atoms with Gasteiger partial charge in [0.1, 0.15) is 0 Å². The zero-order chi connectivity index (χ0) is 31.4. The Morgan fingerprint density at radius 2 is 0.896 bits per heavy atom. The van der Waals surface area contributed by atoms with E-state index in [1.807, 2.05) is 11.8 Å². The quantitative estimate of drug-likeness (QED) is 0.164. The van der Waals surface area contributed by atoms with Crippen molar-refractivity contribution < 1.29 is 0 Å². The Morgan fingerprint density at radius 3 is 1.69 bits per heavy atom. The lowest BCUT2D eigenvalue weighted by Gasteiger charge is -2.40. The summed E-state index contributed by atoms with van der Waals surface area (Å²) in [6.45, 7) is 0. The third kappa shape index (κ3) is 3.36. The minimum Gasteiger partial charge on any atom is -0.0894 e. The van der Waals surface area contributed by atoms with Gasteiger partial charge in [0.2, 0.25) is 0 Å². The Kier molecular flexibility index (Phi) is 5.34. The second-order valence-corrected chi connectivity index (χ2v) is 14.2. The number of hydrogen-bond acceptors (Lipinski definition) is 1. The van der Waals surface area contributed by atoms with Crippen molar-refractivity contribution in [1.29, 1.82) is 0 Å². The van der Waals surface area contributed by atoms with Crippen molar-refractivity contribution in [2.24, 2.45) is 0 Å². The zero-order valence-electron chi connectivity index (χ0n) is 26.1. The minimum atomic E-state index is -0.414. The number of benzene rings is 9. The van der Waals surface area contributed by atoms with Crippen LogP contribution in [-0.4, -0.2) is 0 Å². The fourth-order valence-electron chi connectivity index (χ4n) is 8.94. The summed E-state index contributed by atoms with van der Waals surface area (Å²) < 4.78 is 0. The maximum absolute atomic E-state index is 2.50. The van der Waals surface area contributed by atoms with Gasteiger partial charge >= 0.3 is 0 Å². The number of fused-ring (bicyclic) bond motifs is 17. The Morgan fingerprint density at radius 1 is 0.333 bits per heavy atom. The van der Waals surface area contributed by atoms with Crippen molar-refractivity contribution >= 4 is 54.9 Å². The first-order valence-corrected chi connectivity index (χ1v) is 17.5. The third-order valence-corrected chi connectivity index (χ3v) is 12.1. The molecule has 1 spiro atoms. The normalized spacial score (nSPS) is 15.9. The Hall–Kier alpha value is -5.63. The van der Waals surface area contributed by atoms with Crippen molar-refractivity contribution in [3.8, 4) is 22.3 Å². The monoisotopic (exact) mass is 624 g/mol. The van der Waals surface area contributed by atoms with Crippen molar-refractivity contribution in [1.82, 2.24) is 0 Å². The van der Waals surface area contributed by atoms with E-state index in [1.54, 1.807) is 0 Å². The van der Waals surface area contributed by atoms with E-state index in [1.165, 1.54) is 97.4 Å². The topological polar surface area (TPSA) is 0 Å². The molecule has 0 bridgehead atoms. The fraction of sp³-hybridized carbons (Fsp3) is 0.0213. The van der Waals surface area contributed by atoms with Crippen LogP contribution in [0.3, 0.4) is 0 Å². The summed E-state index contributed by atoms with van der Waals surface area (Å²) in [5, 5.41) is 10.4. The van der Waals surface area contributed by atoms with E-state index in [4.69, 9.17) is 0 Å². The molecule has 1 unspecified atom stereocenters. The van der Waals surface area contributed by atoms with Crippen molar-refractivity contribution in [2.75, 3.05) is 0 Å². The Bertz CT molecular complexity index is 2790. The van der Waals surface area contributed by atoms with Crippen LogP contribution < -0.4 is 0 Å². The van der Waals surface area contributed by atoms with Crippen LogP contribution in [0.25, 0.3) is 65.3 Å². The molecule has 1 aliphatic carbocycles. The van der Waals surface area contributed by atoms with Crippen molar-refractivity contribution in [3.63, 3.8) is 0 Å². The molecule has 9 aromatic rings. The third-order valence-electron chi connectivity index (χ3n) is 10.9. The van der Waals surface area contributed by atoms with E-state index < -0.39 is 5.41 Å². The van der Waals surface area contributed by atoms with Crippen LogP contribution in [0.15, 0.2) is 180 Å². The van der Waals surface area contributed by atoms with Gasteiger partial charge in [0, 0.05) is 9.79 Å². The highest BCUT2D eigenvalue weighted by atomic mass is 32.2. The van der Waals surface area contributed by atoms with E-state index >= 15 is 0 Å². The maximum Gasteiger partial charge on any atom is 0.0735 e. The van der Waals surface area contributed by atoms with Crippen LogP contribution in [0.2, 0.25) is 0 Å². The molecule has 11 rings (SSSR count). The van der Waals surface area contributed by atoms with Gasteiger partial charge in [-0.2, -0.15) is 0 Å². The van der Waals surface area contributed by atoms with Gasteiger partial charge in [-0.3, -0.25) is 0 Å². The average Bonchev–Trinajstić information content (AvgIpc) is 3.46. The second kappa shape index (κ2) is 9.70. The zero-order valence-corrected chi connectivity index (χ0v) is 26.9. The van der Waals surface area contributed by atoms with E-state index in [2.05, 4.69) is 170 Å². The first-order valence-electron chi connectivity index (χ1n) is 16.7. The minimum absolute atomic E-state index is 0.414. The van der Waals surface area contributed by atoms with Gasteiger partial charge in [0.15, 0.2) is 0 Å². The summed E-state index contributed by atoms with van der Waals surface area (Å²) in [6, 6.07) is 63.8. The Balaban J connectivity index is 1.22. The predicted molar refractivity (Wildman–Crippen MR) is 203 cm³/mol. The van der Waals surface area contributed by atoms with Crippen LogP contribution in [0.1, 0.15) is 22.3 Å². The lowest BCUT2D eigenvalue weighted by Crippen LogP contribution is -2.32. The van der Waals surface area contributed by atoms with Crippen LogP contribution in [0.4, 0.5) is 0 Å². The molecule has 1 atom stereocenters. The summed E-state index contributed by atoms with van der Waals surface area (Å²) in [5.41, 5.74) is 10.3. The van der Waals surface area contributed by atoms with Gasteiger partial charge in [-0.15, -0.1) is 0 Å². The molecule has 1 heterocycles. The number of hydrogen-bond donors (Lipinski definition) is 0. The molecule has 0 saturated heterocycles. The van der Waals surface area contributed by atoms with Crippen LogP contribution in [-0.2, 0) is 5.41 Å². The molecular weight excluding hydrogens is 597 g/mol. The van der Waals surface area contributed by atoms with Crippen LogP contribution in [0, 0.1) is 0 Å². The first kappa shape index (κ1) is 26.4. The van der Waals surface area contributed by atoms with E-state index in [0.717, 1.165) is 0 Å².